The van der Waals surface area contributed by atoms with E-state index in [1.165, 1.54) is 51.4 Å². The van der Waals surface area contributed by atoms with Crippen molar-refractivity contribution in [1.82, 2.24) is 0 Å². The summed E-state index contributed by atoms with van der Waals surface area (Å²) in [4.78, 5) is 25.3. The monoisotopic (exact) mass is 779 g/mol. The van der Waals surface area contributed by atoms with Gasteiger partial charge in [-0.1, -0.05) is 115 Å². The quantitative estimate of drug-likeness (QED) is 0.0213. The lowest BCUT2D eigenvalue weighted by atomic mass is 9.99. The van der Waals surface area contributed by atoms with E-state index in [-0.39, 0.29) is 26.1 Å². The zero-order valence-electron chi connectivity index (χ0n) is 34.5. The molecule has 10 heteroatoms. The first kappa shape index (κ1) is 50.7. The molecular weight excluding hydrogens is 700 g/mol. The molecule has 1 rings (SSSR count). The number of hydrogen-bond acceptors (Lipinski definition) is 10. The first-order chi connectivity index (χ1) is 26.8. The Balaban J connectivity index is 2.38. The fourth-order valence-corrected chi connectivity index (χ4v) is 6.25. The van der Waals surface area contributed by atoms with E-state index in [0.717, 1.165) is 83.5 Å². The third kappa shape index (κ3) is 27.9. The molecule has 0 amide bonds. The van der Waals surface area contributed by atoms with E-state index in [2.05, 4.69) is 56.0 Å². The van der Waals surface area contributed by atoms with E-state index in [1.807, 2.05) is 0 Å². The highest BCUT2D eigenvalue weighted by molar-refractivity contribution is 5.70. The number of aliphatic hydroxyl groups is 4. The molecule has 0 radical (unpaired) electrons. The molecule has 0 aliphatic carbocycles. The third-order valence-electron chi connectivity index (χ3n) is 9.77. The second-order valence-corrected chi connectivity index (χ2v) is 14.9. The van der Waals surface area contributed by atoms with Crippen LogP contribution < -0.4 is 0 Å². The smallest absolute Gasteiger partial charge is 0.306 e. The summed E-state index contributed by atoms with van der Waals surface area (Å²) in [5.74, 6) is -0.845. The fraction of sp³-hybridized carbons (Fsp3) is 0.800. The van der Waals surface area contributed by atoms with Crippen molar-refractivity contribution in [3.05, 3.63) is 42.2 Å². The lowest BCUT2D eigenvalue weighted by Crippen LogP contribution is -2.59. The van der Waals surface area contributed by atoms with E-state index in [1.54, 1.807) is 0 Å². The minimum atomic E-state index is -1.60. The lowest BCUT2D eigenvalue weighted by molar-refractivity contribution is -0.305. The van der Waals surface area contributed by atoms with Gasteiger partial charge in [0.15, 0.2) is 12.4 Å². The van der Waals surface area contributed by atoms with Gasteiger partial charge in [0.1, 0.15) is 31.0 Å². The summed E-state index contributed by atoms with van der Waals surface area (Å²) in [6.45, 7) is 3.33. The van der Waals surface area contributed by atoms with Crippen LogP contribution in [0.1, 0.15) is 174 Å². The summed E-state index contributed by atoms with van der Waals surface area (Å²) in [5.41, 5.74) is 3.29. The van der Waals surface area contributed by atoms with Crippen LogP contribution in [0.2, 0.25) is 0 Å². The van der Waals surface area contributed by atoms with Crippen molar-refractivity contribution in [2.75, 3.05) is 19.8 Å². The Morgan fingerprint density at radius 3 is 1.73 bits per heavy atom. The first-order valence-corrected chi connectivity index (χ1v) is 21.8. The summed E-state index contributed by atoms with van der Waals surface area (Å²) < 4.78 is 22.1. The third-order valence-corrected chi connectivity index (χ3v) is 9.77. The molecule has 1 saturated heterocycles. The number of allylic oxidation sites excluding steroid dienone is 5. The maximum atomic E-state index is 12.7. The van der Waals surface area contributed by atoms with Crippen molar-refractivity contribution in [2.24, 2.45) is 0 Å². The summed E-state index contributed by atoms with van der Waals surface area (Å²) in [5, 5.41) is 40.0. The van der Waals surface area contributed by atoms with E-state index in [0.29, 0.717) is 12.8 Å². The largest absolute Gasteiger partial charge is 0.462 e. The number of carbonyl (C=O) groups excluding carboxylic acids is 2. The molecule has 1 fully saturated rings. The first-order valence-electron chi connectivity index (χ1n) is 21.8. The second kappa shape index (κ2) is 36.1. The molecule has 0 bridgehead atoms. The van der Waals surface area contributed by atoms with Crippen molar-refractivity contribution in [3.63, 3.8) is 0 Å². The molecule has 318 valence electrons. The van der Waals surface area contributed by atoms with Crippen LogP contribution >= 0.6 is 0 Å². The number of ether oxygens (including phenoxy) is 4. The van der Waals surface area contributed by atoms with E-state index in [9.17, 15) is 30.0 Å². The highest BCUT2D eigenvalue weighted by Gasteiger charge is 2.44. The van der Waals surface area contributed by atoms with Crippen molar-refractivity contribution in [3.8, 4) is 0 Å². The SMILES string of the molecule is CCCCC/C=C/C/C=C/CCCCCCCC(=O)O[C@@H](COC(=O)CCCCCCCC=C=CCCCCCCC)CO[C@H]1O[C@@H](CO)[C@@H](O)C(O)C1O. The molecule has 1 heterocycles. The normalized spacial score (nSPS) is 20.4. The molecule has 1 aliphatic heterocycles. The predicted octanol–water partition coefficient (Wildman–Crippen LogP) is 8.87. The predicted molar refractivity (Wildman–Crippen MR) is 218 cm³/mol. The molecule has 0 aromatic rings. The summed E-state index contributed by atoms with van der Waals surface area (Å²) in [7, 11) is 0. The van der Waals surface area contributed by atoms with Gasteiger partial charge in [0.25, 0.3) is 0 Å². The molecular formula is C45H78O10. The fourth-order valence-electron chi connectivity index (χ4n) is 6.25. The van der Waals surface area contributed by atoms with Crippen LogP contribution in [0.5, 0.6) is 0 Å². The summed E-state index contributed by atoms with van der Waals surface area (Å²) in [6, 6.07) is 0. The highest BCUT2D eigenvalue weighted by atomic mass is 16.7. The maximum Gasteiger partial charge on any atom is 0.306 e. The van der Waals surface area contributed by atoms with E-state index >= 15 is 0 Å². The van der Waals surface area contributed by atoms with Gasteiger partial charge in [-0.25, -0.2) is 0 Å². The molecule has 10 nitrogen and oxygen atoms in total. The average molecular weight is 779 g/mol. The van der Waals surface area contributed by atoms with Crippen LogP contribution in [0.3, 0.4) is 0 Å². The number of rotatable bonds is 35. The molecule has 0 saturated carbocycles. The molecule has 55 heavy (non-hydrogen) atoms. The molecule has 6 atom stereocenters. The Morgan fingerprint density at radius 2 is 1.13 bits per heavy atom. The van der Waals surface area contributed by atoms with Crippen LogP contribution in [-0.4, -0.2) is 89.0 Å². The number of carbonyl (C=O) groups is 2. The number of aliphatic hydroxyl groups excluding tert-OH is 4. The Morgan fingerprint density at radius 1 is 0.618 bits per heavy atom. The topological polar surface area (TPSA) is 152 Å². The zero-order valence-corrected chi connectivity index (χ0v) is 34.5. The molecule has 0 aromatic carbocycles. The van der Waals surface area contributed by atoms with Gasteiger partial charge >= 0.3 is 11.9 Å². The molecule has 4 N–H and O–H groups in total. The molecule has 2 unspecified atom stereocenters. The van der Waals surface area contributed by atoms with Crippen LogP contribution in [0, 0.1) is 0 Å². The van der Waals surface area contributed by atoms with Gasteiger partial charge in [-0.3, -0.25) is 9.59 Å². The lowest BCUT2D eigenvalue weighted by Gasteiger charge is -2.39. The van der Waals surface area contributed by atoms with Crippen molar-refractivity contribution in [2.45, 2.75) is 211 Å². The van der Waals surface area contributed by atoms with Crippen molar-refractivity contribution in [1.29, 1.82) is 0 Å². The van der Waals surface area contributed by atoms with E-state index in [4.69, 9.17) is 18.9 Å². The van der Waals surface area contributed by atoms with Crippen LogP contribution in [0.15, 0.2) is 42.2 Å². The number of esters is 2. The number of hydrogen-bond donors (Lipinski definition) is 4. The summed E-state index contributed by atoms with van der Waals surface area (Å²) in [6.07, 6.45) is 30.7. The summed E-state index contributed by atoms with van der Waals surface area (Å²) >= 11 is 0. The van der Waals surface area contributed by atoms with Gasteiger partial charge in [-0.2, -0.15) is 0 Å². The Kier molecular flexibility index (Phi) is 33.3. The molecule has 1 aliphatic rings. The van der Waals surface area contributed by atoms with Gasteiger partial charge in [0.2, 0.25) is 0 Å². The Hall–Kier alpha value is -2.30. The standard InChI is InChI=1S/C45H78O10/c1-3-5-7-9-11-13-15-17-19-21-23-25-27-29-31-33-40(47)52-36-38(37-53-45-44(51)43(50)42(49)39(35-46)55-45)54-41(48)34-32-30-28-26-24-22-20-18-16-14-12-10-8-6-4-2/h12,14-15,18-20,38-39,42-46,49-51H,3-11,13,16,21-37H2,1-2H3/b14-12+,20-18+/t17?,38-,39-,42+,43?,44?,45-/m0/s1. The van der Waals surface area contributed by atoms with Gasteiger partial charge in [0, 0.05) is 12.8 Å². The average Bonchev–Trinajstić information content (AvgIpc) is 3.18. The zero-order chi connectivity index (χ0) is 40.2. The van der Waals surface area contributed by atoms with Crippen molar-refractivity contribution >= 4 is 11.9 Å². The van der Waals surface area contributed by atoms with Gasteiger partial charge in [-0.05, 0) is 82.8 Å². The van der Waals surface area contributed by atoms with Gasteiger partial charge in [0.05, 0.1) is 13.2 Å². The van der Waals surface area contributed by atoms with Crippen LogP contribution in [0.25, 0.3) is 0 Å². The minimum Gasteiger partial charge on any atom is -0.462 e. The number of unbranched alkanes of at least 4 members (excludes halogenated alkanes) is 18. The van der Waals surface area contributed by atoms with Crippen molar-refractivity contribution < 1.29 is 49.0 Å². The second-order valence-electron chi connectivity index (χ2n) is 14.9. The van der Waals surface area contributed by atoms with E-state index < -0.39 is 55.4 Å². The van der Waals surface area contributed by atoms with Crippen LogP contribution in [0.4, 0.5) is 0 Å². The Labute approximate surface area is 333 Å². The van der Waals surface area contributed by atoms with Crippen LogP contribution in [-0.2, 0) is 28.5 Å². The minimum absolute atomic E-state index is 0.209. The maximum absolute atomic E-state index is 12.7. The van der Waals surface area contributed by atoms with Gasteiger partial charge in [-0.15, -0.1) is 5.73 Å². The Bertz CT molecular complexity index is 1050. The molecule has 0 aromatic heterocycles. The molecule has 0 spiro atoms. The highest BCUT2D eigenvalue weighted by Crippen LogP contribution is 2.22. The van der Waals surface area contributed by atoms with Gasteiger partial charge < -0.3 is 39.4 Å².